The molecule has 0 radical (unpaired) electrons. The number of amides is 2. The summed E-state index contributed by atoms with van der Waals surface area (Å²) in [5.41, 5.74) is 0. The lowest BCUT2D eigenvalue weighted by molar-refractivity contribution is -0.133. The third-order valence-electron chi connectivity index (χ3n) is 3.79. The van der Waals surface area contributed by atoms with Gasteiger partial charge in [-0.3, -0.25) is 9.59 Å². The first-order valence-electron chi connectivity index (χ1n) is 6.35. The van der Waals surface area contributed by atoms with Gasteiger partial charge in [-0.1, -0.05) is 0 Å². The van der Waals surface area contributed by atoms with E-state index in [4.69, 9.17) is 0 Å². The highest BCUT2D eigenvalue weighted by Gasteiger charge is 2.50. The molecule has 3 rings (SSSR count). The minimum absolute atomic E-state index is 0.00292. The predicted molar refractivity (Wildman–Crippen MR) is 58.6 cm³/mol. The molecule has 0 aromatic heterocycles. The second-order valence-electron chi connectivity index (χ2n) is 5.26. The number of nitrogens with zero attached hydrogens (tertiary/aromatic N) is 1. The summed E-state index contributed by atoms with van der Waals surface area (Å²) >= 11 is 0. The van der Waals surface area contributed by atoms with Crippen molar-refractivity contribution in [1.82, 2.24) is 10.2 Å². The van der Waals surface area contributed by atoms with Gasteiger partial charge in [-0.15, -0.1) is 0 Å². The minimum atomic E-state index is -0.0197. The van der Waals surface area contributed by atoms with Gasteiger partial charge in [0.15, 0.2) is 0 Å². The molecule has 16 heavy (non-hydrogen) atoms. The van der Waals surface area contributed by atoms with Gasteiger partial charge in [-0.2, -0.15) is 0 Å². The number of hydrogen-bond donors (Lipinski definition) is 1. The quantitative estimate of drug-likeness (QED) is 0.757. The van der Waals surface area contributed by atoms with E-state index in [-0.39, 0.29) is 23.7 Å². The maximum absolute atomic E-state index is 12.0. The topological polar surface area (TPSA) is 49.4 Å². The Kier molecular flexibility index (Phi) is 2.37. The number of nitrogens with one attached hydrogen (secondary N) is 1. The van der Waals surface area contributed by atoms with Gasteiger partial charge in [0, 0.05) is 19.1 Å². The van der Waals surface area contributed by atoms with Crippen molar-refractivity contribution in [3.63, 3.8) is 0 Å². The molecule has 3 fully saturated rings. The van der Waals surface area contributed by atoms with E-state index in [2.05, 4.69) is 5.32 Å². The molecule has 1 aliphatic heterocycles. The van der Waals surface area contributed by atoms with Gasteiger partial charge in [0.2, 0.25) is 11.8 Å². The molecule has 4 nitrogen and oxygen atoms in total. The van der Waals surface area contributed by atoms with Crippen molar-refractivity contribution in [3.8, 4) is 0 Å². The average molecular weight is 222 g/mol. The lowest BCUT2D eigenvalue weighted by atomic mass is 10.2. The maximum Gasteiger partial charge on any atom is 0.226 e. The second kappa shape index (κ2) is 3.75. The first-order chi connectivity index (χ1) is 7.75. The summed E-state index contributed by atoms with van der Waals surface area (Å²) < 4.78 is 0. The number of hydrogen-bond acceptors (Lipinski definition) is 2. The first-order valence-corrected chi connectivity index (χ1v) is 6.35. The van der Waals surface area contributed by atoms with E-state index < -0.39 is 0 Å². The lowest BCUT2D eigenvalue weighted by Crippen LogP contribution is -2.32. The van der Waals surface area contributed by atoms with Crippen LogP contribution in [0.15, 0.2) is 0 Å². The summed E-state index contributed by atoms with van der Waals surface area (Å²) in [6.45, 7) is 1.79. The van der Waals surface area contributed by atoms with Crippen LogP contribution in [0.3, 0.4) is 0 Å². The molecular formula is C12H18N2O2. The number of likely N-dealkylation sites (tertiary alicyclic amines) is 1. The molecule has 3 aliphatic rings. The van der Waals surface area contributed by atoms with Crippen molar-refractivity contribution in [1.29, 1.82) is 0 Å². The van der Waals surface area contributed by atoms with Crippen molar-refractivity contribution in [2.24, 2.45) is 11.8 Å². The first kappa shape index (κ1) is 10.1. The Bertz CT molecular complexity index is 319. The van der Waals surface area contributed by atoms with Crippen LogP contribution in [-0.4, -0.2) is 35.8 Å². The van der Waals surface area contributed by atoms with E-state index in [1.165, 1.54) is 0 Å². The van der Waals surface area contributed by atoms with Crippen molar-refractivity contribution in [3.05, 3.63) is 0 Å². The SMILES string of the molecule is O=C(NC1CC1)C1CC1C(=O)N1CCCC1. The van der Waals surface area contributed by atoms with Gasteiger partial charge < -0.3 is 10.2 Å². The van der Waals surface area contributed by atoms with Crippen molar-refractivity contribution >= 4 is 11.8 Å². The van der Waals surface area contributed by atoms with Gasteiger partial charge in [0.1, 0.15) is 0 Å². The van der Waals surface area contributed by atoms with E-state index in [1.807, 2.05) is 4.90 Å². The summed E-state index contributed by atoms with van der Waals surface area (Å²) in [7, 11) is 0. The summed E-state index contributed by atoms with van der Waals surface area (Å²) in [4.78, 5) is 25.6. The Hall–Kier alpha value is -1.06. The van der Waals surface area contributed by atoms with Crippen LogP contribution in [0.25, 0.3) is 0 Å². The molecule has 2 aliphatic carbocycles. The molecule has 0 aromatic rings. The number of carbonyl (C=O) groups excluding carboxylic acids is 2. The maximum atomic E-state index is 12.0. The zero-order valence-electron chi connectivity index (χ0n) is 9.45. The Morgan fingerprint density at radius 3 is 2.38 bits per heavy atom. The van der Waals surface area contributed by atoms with Crippen molar-refractivity contribution in [2.75, 3.05) is 13.1 Å². The number of rotatable bonds is 3. The molecule has 2 atom stereocenters. The number of carbonyl (C=O) groups is 2. The molecule has 1 saturated heterocycles. The van der Waals surface area contributed by atoms with Gasteiger partial charge in [-0.25, -0.2) is 0 Å². The molecule has 0 spiro atoms. The van der Waals surface area contributed by atoms with Gasteiger partial charge in [-0.05, 0) is 32.1 Å². The Morgan fingerprint density at radius 1 is 1.06 bits per heavy atom. The van der Waals surface area contributed by atoms with E-state index in [9.17, 15) is 9.59 Å². The predicted octanol–water partition coefficient (Wildman–Crippen LogP) is 0.523. The summed E-state index contributed by atoms with van der Waals surface area (Å²) in [5.74, 6) is 0.305. The van der Waals surface area contributed by atoms with E-state index in [1.54, 1.807) is 0 Å². The fourth-order valence-electron chi connectivity index (χ4n) is 2.47. The minimum Gasteiger partial charge on any atom is -0.353 e. The highest BCUT2D eigenvalue weighted by Crippen LogP contribution is 2.41. The van der Waals surface area contributed by atoms with Crippen molar-refractivity contribution < 1.29 is 9.59 Å². The molecule has 0 aromatic carbocycles. The molecule has 1 heterocycles. The van der Waals surface area contributed by atoms with Gasteiger partial charge in [0.05, 0.1) is 11.8 Å². The van der Waals surface area contributed by atoms with Crippen molar-refractivity contribution in [2.45, 2.75) is 38.1 Å². The largest absolute Gasteiger partial charge is 0.353 e. The van der Waals surface area contributed by atoms with Gasteiger partial charge in [0.25, 0.3) is 0 Å². The van der Waals surface area contributed by atoms with E-state index in [0.717, 1.165) is 45.2 Å². The molecule has 1 N–H and O–H groups in total. The average Bonchev–Trinajstić information content (AvgIpc) is 3.17. The van der Waals surface area contributed by atoms with Crippen LogP contribution in [0.1, 0.15) is 32.1 Å². The van der Waals surface area contributed by atoms with E-state index in [0.29, 0.717) is 6.04 Å². The zero-order chi connectivity index (χ0) is 11.1. The smallest absolute Gasteiger partial charge is 0.226 e. The van der Waals surface area contributed by atoms with Crippen LogP contribution in [0.5, 0.6) is 0 Å². The van der Waals surface area contributed by atoms with Crippen LogP contribution in [0.2, 0.25) is 0 Å². The molecule has 88 valence electrons. The molecule has 4 heteroatoms. The summed E-state index contributed by atoms with van der Waals surface area (Å²) in [6, 6.07) is 0.413. The molecule has 2 amide bonds. The highest BCUT2D eigenvalue weighted by atomic mass is 16.2. The fourth-order valence-corrected chi connectivity index (χ4v) is 2.47. The van der Waals surface area contributed by atoms with Gasteiger partial charge >= 0.3 is 0 Å². The summed E-state index contributed by atoms with van der Waals surface area (Å²) in [5, 5.41) is 2.98. The third-order valence-corrected chi connectivity index (χ3v) is 3.79. The van der Waals surface area contributed by atoms with Crippen LogP contribution >= 0.6 is 0 Å². The Morgan fingerprint density at radius 2 is 1.75 bits per heavy atom. The summed E-state index contributed by atoms with van der Waals surface area (Å²) in [6.07, 6.45) is 5.25. The third kappa shape index (κ3) is 1.93. The Balaban J connectivity index is 1.50. The monoisotopic (exact) mass is 222 g/mol. The molecular weight excluding hydrogens is 204 g/mol. The van der Waals surface area contributed by atoms with E-state index >= 15 is 0 Å². The molecule has 2 saturated carbocycles. The van der Waals surface area contributed by atoms with Crippen LogP contribution < -0.4 is 5.32 Å². The standard InChI is InChI=1S/C12H18N2O2/c15-11(13-8-3-4-8)9-7-10(9)12(16)14-5-1-2-6-14/h8-10H,1-7H2,(H,13,15). The Labute approximate surface area is 95.4 Å². The molecule has 0 bridgehead atoms. The molecule has 2 unspecified atom stereocenters. The van der Waals surface area contributed by atoms with Crippen LogP contribution in [0, 0.1) is 11.8 Å². The fraction of sp³-hybridized carbons (Fsp3) is 0.833. The highest BCUT2D eigenvalue weighted by molar-refractivity contribution is 5.92. The normalized spacial score (nSPS) is 32.6. The van der Waals surface area contributed by atoms with Crippen LogP contribution in [0.4, 0.5) is 0 Å². The lowest BCUT2D eigenvalue weighted by Gasteiger charge is -2.14. The second-order valence-corrected chi connectivity index (χ2v) is 5.26. The van der Waals surface area contributed by atoms with Crippen LogP contribution in [-0.2, 0) is 9.59 Å². The zero-order valence-corrected chi connectivity index (χ0v) is 9.45.